The molecular formula is C20H10ClF3IN3O3S. The number of benzene rings is 2. The predicted molar refractivity (Wildman–Crippen MR) is 119 cm³/mol. The average Bonchev–Trinajstić information content (AvgIpc) is 2.72. The Balaban J connectivity index is 2.08. The zero-order chi connectivity index (χ0) is 23.7. The van der Waals surface area contributed by atoms with Gasteiger partial charge in [-0.15, -0.1) is 0 Å². The fourth-order valence-corrected chi connectivity index (χ4v) is 4.46. The Morgan fingerprint density at radius 1 is 1.16 bits per heavy atom. The second-order valence-corrected chi connectivity index (χ2v) is 9.62. The highest BCUT2D eigenvalue weighted by Crippen LogP contribution is 2.36. The molecule has 3 aromatic rings. The molecule has 1 N–H and O–H groups in total. The minimum absolute atomic E-state index is 0.00462. The molecule has 6 nitrogen and oxygen atoms in total. The first-order chi connectivity index (χ1) is 14.9. The number of nitriles is 1. The molecule has 0 amide bonds. The third-order valence-corrected chi connectivity index (χ3v) is 6.44. The Hall–Kier alpha value is -2.69. The Morgan fingerprint density at radius 3 is 2.50 bits per heavy atom. The van der Waals surface area contributed by atoms with Crippen molar-refractivity contribution in [3.63, 3.8) is 0 Å². The van der Waals surface area contributed by atoms with E-state index in [4.69, 9.17) is 11.6 Å². The number of hydrogen-bond acceptors (Lipinski definition) is 5. The number of nitrogens with one attached hydrogen (secondary N) is 1. The number of pyridine rings is 1. The Labute approximate surface area is 199 Å². The number of aromatic nitrogens is 1. The Bertz CT molecular complexity index is 1370. The summed E-state index contributed by atoms with van der Waals surface area (Å²) < 4.78 is 67.7. The molecule has 0 atom stereocenters. The molecular weight excluding hydrogens is 582 g/mol. The summed E-state index contributed by atoms with van der Waals surface area (Å²) in [5.41, 5.74) is -1.84. The molecule has 1 aromatic heterocycles. The van der Waals surface area contributed by atoms with E-state index in [1.807, 2.05) is 28.7 Å². The molecule has 164 valence electrons. The van der Waals surface area contributed by atoms with Gasteiger partial charge in [-0.1, -0.05) is 23.7 Å². The standard InChI is InChI=1S/C20H10ClF3IN3O3S/c21-16-6-5-13(8-15(16)20(22,23)24)32(30,31)28-17-7-12(25)10-27-18(17)19(29)14-4-2-1-3-11(14)9-26/h1-8,10,28H. The van der Waals surface area contributed by atoms with E-state index in [9.17, 15) is 31.6 Å². The number of hydrogen-bond donors (Lipinski definition) is 1. The van der Waals surface area contributed by atoms with Gasteiger partial charge in [0.2, 0.25) is 5.78 Å². The first kappa shape index (κ1) is 24.0. The van der Waals surface area contributed by atoms with Gasteiger partial charge in [-0.25, -0.2) is 13.4 Å². The Morgan fingerprint density at radius 2 is 1.84 bits per heavy atom. The molecule has 0 aliphatic carbocycles. The number of sulfonamides is 1. The highest BCUT2D eigenvalue weighted by atomic mass is 127. The van der Waals surface area contributed by atoms with Gasteiger partial charge in [0.1, 0.15) is 5.69 Å². The van der Waals surface area contributed by atoms with E-state index in [-0.39, 0.29) is 22.5 Å². The van der Waals surface area contributed by atoms with Crippen molar-refractivity contribution in [1.29, 1.82) is 5.26 Å². The normalized spacial score (nSPS) is 11.6. The summed E-state index contributed by atoms with van der Waals surface area (Å²) >= 11 is 7.39. The van der Waals surface area contributed by atoms with Gasteiger partial charge in [0.25, 0.3) is 10.0 Å². The van der Waals surface area contributed by atoms with Crippen molar-refractivity contribution in [2.24, 2.45) is 0 Å². The van der Waals surface area contributed by atoms with Crippen molar-refractivity contribution in [3.05, 3.63) is 85.7 Å². The number of nitrogens with zero attached hydrogens (tertiary/aromatic N) is 2. The fraction of sp³-hybridized carbons (Fsp3) is 0.0500. The van der Waals surface area contributed by atoms with Gasteiger partial charge >= 0.3 is 6.18 Å². The first-order valence-electron chi connectivity index (χ1n) is 8.53. The number of halogens is 5. The predicted octanol–water partition coefficient (Wildman–Crippen LogP) is 5.26. The summed E-state index contributed by atoms with van der Waals surface area (Å²) in [4.78, 5) is 16.3. The summed E-state index contributed by atoms with van der Waals surface area (Å²) in [6, 6.07) is 11.2. The summed E-state index contributed by atoms with van der Waals surface area (Å²) in [5, 5.41) is 8.58. The molecule has 0 fully saturated rings. The van der Waals surface area contributed by atoms with Crippen LogP contribution in [0.2, 0.25) is 5.02 Å². The summed E-state index contributed by atoms with van der Waals surface area (Å²) in [7, 11) is -4.55. The number of alkyl halides is 3. The van der Waals surface area contributed by atoms with E-state index in [1.165, 1.54) is 30.5 Å². The molecule has 3 rings (SSSR count). The van der Waals surface area contributed by atoms with Gasteiger partial charge in [-0.2, -0.15) is 18.4 Å². The summed E-state index contributed by atoms with van der Waals surface area (Å²) in [6.45, 7) is 0. The smallest absolute Gasteiger partial charge is 0.287 e. The van der Waals surface area contributed by atoms with Gasteiger partial charge in [-0.3, -0.25) is 9.52 Å². The molecule has 0 saturated carbocycles. The highest BCUT2D eigenvalue weighted by Gasteiger charge is 2.34. The molecule has 0 spiro atoms. The molecule has 0 unspecified atom stereocenters. The van der Waals surface area contributed by atoms with Crippen molar-refractivity contribution in [2.75, 3.05) is 4.72 Å². The van der Waals surface area contributed by atoms with Crippen molar-refractivity contribution in [1.82, 2.24) is 4.98 Å². The van der Waals surface area contributed by atoms with Crippen LogP contribution < -0.4 is 4.72 Å². The van der Waals surface area contributed by atoms with Crippen LogP contribution >= 0.6 is 34.2 Å². The Kier molecular flexibility index (Phi) is 6.77. The molecule has 2 aromatic carbocycles. The quantitative estimate of drug-likeness (QED) is 0.322. The van der Waals surface area contributed by atoms with Gasteiger partial charge in [0.15, 0.2) is 0 Å². The lowest BCUT2D eigenvalue weighted by molar-refractivity contribution is -0.137. The third kappa shape index (κ3) is 5.03. The van der Waals surface area contributed by atoms with Crippen molar-refractivity contribution in [3.8, 4) is 6.07 Å². The molecule has 32 heavy (non-hydrogen) atoms. The zero-order valence-electron chi connectivity index (χ0n) is 15.6. The minimum Gasteiger partial charge on any atom is -0.287 e. The van der Waals surface area contributed by atoms with E-state index >= 15 is 0 Å². The van der Waals surface area contributed by atoms with Gasteiger partial charge in [0.05, 0.1) is 32.8 Å². The molecule has 1 heterocycles. The van der Waals surface area contributed by atoms with E-state index < -0.39 is 37.5 Å². The molecule has 0 saturated heterocycles. The number of carbonyl (C=O) groups is 1. The topological polar surface area (TPSA) is 99.9 Å². The van der Waals surface area contributed by atoms with Crippen LogP contribution in [-0.4, -0.2) is 19.2 Å². The maximum Gasteiger partial charge on any atom is 0.417 e. The van der Waals surface area contributed by atoms with Crippen LogP contribution in [0, 0.1) is 14.9 Å². The van der Waals surface area contributed by atoms with Gasteiger partial charge < -0.3 is 0 Å². The maximum absolute atomic E-state index is 13.1. The second kappa shape index (κ2) is 9.05. The average molecular weight is 592 g/mol. The molecule has 0 bridgehead atoms. The minimum atomic E-state index is -4.87. The lowest BCUT2D eigenvalue weighted by atomic mass is 10.0. The first-order valence-corrected chi connectivity index (χ1v) is 11.5. The number of ketones is 1. The number of anilines is 1. The lowest BCUT2D eigenvalue weighted by Crippen LogP contribution is -2.18. The van der Waals surface area contributed by atoms with Crippen LogP contribution in [0.15, 0.2) is 59.6 Å². The van der Waals surface area contributed by atoms with Crippen molar-refractivity contribution >= 4 is 55.7 Å². The maximum atomic E-state index is 13.1. The number of carbonyl (C=O) groups excluding carboxylic acids is 1. The fourth-order valence-electron chi connectivity index (χ4n) is 2.70. The van der Waals surface area contributed by atoms with Crippen LogP contribution in [0.25, 0.3) is 0 Å². The molecule has 0 aliphatic rings. The van der Waals surface area contributed by atoms with E-state index in [0.717, 1.165) is 12.1 Å². The molecule has 12 heteroatoms. The van der Waals surface area contributed by atoms with Gasteiger partial charge in [0, 0.05) is 15.3 Å². The van der Waals surface area contributed by atoms with E-state index in [2.05, 4.69) is 9.71 Å². The summed E-state index contributed by atoms with van der Waals surface area (Å²) in [5.74, 6) is -0.733. The van der Waals surface area contributed by atoms with E-state index in [1.54, 1.807) is 6.07 Å². The van der Waals surface area contributed by atoms with Crippen LogP contribution in [0.5, 0.6) is 0 Å². The third-order valence-electron chi connectivity index (χ3n) is 4.16. The van der Waals surface area contributed by atoms with Crippen molar-refractivity contribution in [2.45, 2.75) is 11.1 Å². The lowest BCUT2D eigenvalue weighted by Gasteiger charge is -2.14. The molecule has 0 radical (unpaired) electrons. The molecule has 0 aliphatic heterocycles. The van der Waals surface area contributed by atoms with Gasteiger partial charge in [-0.05, 0) is 59.0 Å². The SMILES string of the molecule is N#Cc1ccccc1C(=O)c1ncc(I)cc1NS(=O)(=O)c1ccc(Cl)c(C(F)(F)F)c1. The van der Waals surface area contributed by atoms with Crippen LogP contribution in [-0.2, 0) is 16.2 Å². The van der Waals surface area contributed by atoms with Crippen LogP contribution in [0.3, 0.4) is 0 Å². The summed E-state index contributed by atoms with van der Waals surface area (Å²) in [6.07, 6.45) is -3.56. The number of rotatable bonds is 5. The van der Waals surface area contributed by atoms with Crippen molar-refractivity contribution < 1.29 is 26.4 Å². The van der Waals surface area contributed by atoms with Crippen LogP contribution in [0.4, 0.5) is 18.9 Å². The van der Waals surface area contributed by atoms with E-state index in [0.29, 0.717) is 9.64 Å². The monoisotopic (exact) mass is 591 g/mol. The highest BCUT2D eigenvalue weighted by molar-refractivity contribution is 14.1. The zero-order valence-corrected chi connectivity index (χ0v) is 19.3. The second-order valence-electron chi connectivity index (χ2n) is 6.28. The van der Waals surface area contributed by atoms with Crippen LogP contribution in [0.1, 0.15) is 27.2 Å². The largest absolute Gasteiger partial charge is 0.417 e.